The topological polar surface area (TPSA) is 88.3 Å². The molecular formula is C7H11N3O3Si. The van der Waals surface area contributed by atoms with Gasteiger partial charge in [-0.25, -0.2) is 24.4 Å². The Labute approximate surface area is 84.4 Å². The number of hydrogen-bond donors (Lipinski definition) is 0. The van der Waals surface area contributed by atoms with Crippen molar-refractivity contribution in [2.24, 2.45) is 14.6 Å². The third-order valence-corrected chi connectivity index (χ3v) is 1.19. The lowest BCUT2D eigenvalue weighted by molar-refractivity contribution is 0.559. The SMILES string of the molecule is O=C=NCCCCN=C=O.O=C=N[SiH3]. The molecular weight excluding hydrogens is 202 g/mol. The zero-order chi connectivity index (χ0) is 11.1. The van der Waals surface area contributed by atoms with E-state index in [-0.39, 0.29) is 0 Å². The van der Waals surface area contributed by atoms with E-state index in [1.54, 1.807) is 0 Å². The first-order valence-electron chi connectivity index (χ1n) is 3.86. The van der Waals surface area contributed by atoms with E-state index in [1.807, 2.05) is 0 Å². The van der Waals surface area contributed by atoms with Crippen LogP contribution in [0.15, 0.2) is 14.6 Å². The Bertz CT molecular complexity index is 243. The second-order valence-corrected chi connectivity index (χ2v) is 2.42. The lowest BCUT2D eigenvalue weighted by Gasteiger charge is -1.87. The molecule has 0 aliphatic carbocycles. The molecule has 6 nitrogen and oxygen atoms in total. The number of hydrogen-bond acceptors (Lipinski definition) is 6. The van der Waals surface area contributed by atoms with E-state index in [2.05, 4.69) is 14.6 Å². The number of unbranched alkanes of at least 4 members (excludes halogenated alkanes) is 1. The summed E-state index contributed by atoms with van der Waals surface area (Å²) in [6.07, 6.45) is 5.75. The Morgan fingerprint density at radius 1 is 0.857 bits per heavy atom. The van der Waals surface area contributed by atoms with Crippen LogP contribution < -0.4 is 0 Å². The maximum absolute atomic E-state index is 9.52. The molecule has 0 N–H and O–H groups in total. The summed E-state index contributed by atoms with van der Waals surface area (Å²) in [5, 5.41) is 0. The highest BCUT2D eigenvalue weighted by Crippen LogP contribution is 1.88. The highest BCUT2D eigenvalue weighted by atomic mass is 28.2. The van der Waals surface area contributed by atoms with Crippen molar-refractivity contribution in [1.29, 1.82) is 0 Å². The van der Waals surface area contributed by atoms with Crippen LogP contribution >= 0.6 is 0 Å². The summed E-state index contributed by atoms with van der Waals surface area (Å²) in [6.45, 7) is 0.940. The highest BCUT2D eigenvalue weighted by Gasteiger charge is 1.83. The van der Waals surface area contributed by atoms with Gasteiger partial charge in [0.05, 0.1) is 13.1 Å². The molecule has 0 aromatic carbocycles. The van der Waals surface area contributed by atoms with Gasteiger partial charge in [0.25, 0.3) is 0 Å². The molecule has 0 aromatic heterocycles. The zero-order valence-electron chi connectivity index (χ0n) is 7.89. The van der Waals surface area contributed by atoms with Crippen molar-refractivity contribution >= 4 is 28.6 Å². The second kappa shape index (κ2) is 17.4. The van der Waals surface area contributed by atoms with Crippen molar-refractivity contribution in [2.45, 2.75) is 12.8 Å². The van der Waals surface area contributed by atoms with Crippen LogP contribution in [0.25, 0.3) is 0 Å². The van der Waals surface area contributed by atoms with Crippen LogP contribution in [0, 0.1) is 0 Å². The van der Waals surface area contributed by atoms with Crippen LogP contribution in [0.2, 0.25) is 0 Å². The molecule has 0 radical (unpaired) electrons. The summed E-state index contributed by atoms with van der Waals surface area (Å²) < 4.78 is 3.07. The van der Waals surface area contributed by atoms with Crippen LogP contribution in [0.3, 0.4) is 0 Å². The zero-order valence-corrected chi connectivity index (χ0v) is 9.89. The lowest BCUT2D eigenvalue weighted by atomic mass is 10.3. The molecule has 0 saturated carbocycles. The average Bonchev–Trinajstić information content (AvgIpc) is 2.24. The van der Waals surface area contributed by atoms with Crippen LogP contribution in [0.4, 0.5) is 0 Å². The molecule has 0 heterocycles. The van der Waals surface area contributed by atoms with Crippen LogP contribution in [0.1, 0.15) is 12.8 Å². The van der Waals surface area contributed by atoms with Crippen molar-refractivity contribution in [3.63, 3.8) is 0 Å². The molecule has 76 valence electrons. The molecule has 0 aliphatic rings. The third-order valence-electron chi connectivity index (χ3n) is 1.01. The summed E-state index contributed by atoms with van der Waals surface area (Å²) in [4.78, 5) is 34.6. The predicted octanol–water partition coefficient (Wildman–Crippen LogP) is -0.959. The monoisotopic (exact) mass is 213 g/mol. The van der Waals surface area contributed by atoms with E-state index in [1.165, 1.54) is 18.2 Å². The number of carbonyl (C=O) groups excluding carboxylic acids is 3. The van der Waals surface area contributed by atoms with E-state index in [4.69, 9.17) is 4.79 Å². The molecule has 0 spiro atoms. The molecule has 14 heavy (non-hydrogen) atoms. The average molecular weight is 213 g/mol. The highest BCUT2D eigenvalue weighted by molar-refractivity contribution is 6.07. The normalized spacial score (nSPS) is 6.86. The fraction of sp³-hybridized carbons (Fsp3) is 0.571. The maximum Gasteiger partial charge on any atom is 0.234 e. The fourth-order valence-electron chi connectivity index (χ4n) is 0.473. The van der Waals surface area contributed by atoms with Gasteiger partial charge < -0.3 is 0 Å². The molecule has 0 fully saturated rings. The Balaban J connectivity index is 0. The summed E-state index contributed by atoms with van der Waals surface area (Å²) in [7, 11) is 0.591. The van der Waals surface area contributed by atoms with Crippen molar-refractivity contribution in [2.75, 3.05) is 13.1 Å². The summed E-state index contributed by atoms with van der Waals surface area (Å²) in [6, 6.07) is 0. The maximum atomic E-state index is 9.52. The minimum Gasteiger partial charge on any atom is -0.260 e. The van der Waals surface area contributed by atoms with E-state index in [0.29, 0.717) is 23.5 Å². The van der Waals surface area contributed by atoms with E-state index < -0.39 is 0 Å². The molecule has 0 aliphatic heterocycles. The summed E-state index contributed by atoms with van der Waals surface area (Å²) in [5.41, 5.74) is 0. The third kappa shape index (κ3) is 22.4. The van der Waals surface area contributed by atoms with Gasteiger partial charge in [0.1, 0.15) is 0 Å². The molecule has 0 atom stereocenters. The smallest absolute Gasteiger partial charge is 0.234 e. The van der Waals surface area contributed by atoms with E-state index in [0.717, 1.165) is 12.8 Å². The largest absolute Gasteiger partial charge is 0.260 e. The Morgan fingerprint density at radius 3 is 1.43 bits per heavy atom. The van der Waals surface area contributed by atoms with Gasteiger partial charge in [-0.1, -0.05) is 0 Å². The fourth-order valence-corrected chi connectivity index (χ4v) is 0.473. The first-order chi connectivity index (χ1) is 6.83. The molecule has 0 unspecified atom stereocenters. The molecule has 0 amide bonds. The first kappa shape index (κ1) is 14.9. The van der Waals surface area contributed by atoms with Crippen molar-refractivity contribution in [1.82, 2.24) is 0 Å². The van der Waals surface area contributed by atoms with Gasteiger partial charge in [0, 0.05) is 0 Å². The standard InChI is InChI=1S/C6H8N2O2.CH3NOSi/c9-5-7-3-1-2-4-8-6-10;3-1-2-4/h1-4H2;4H3. The van der Waals surface area contributed by atoms with Gasteiger partial charge >= 0.3 is 0 Å². The Hall–Kier alpha value is -1.64. The van der Waals surface area contributed by atoms with Gasteiger partial charge in [0.2, 0.25) is 18.2 Å². The number of aliphatic imine (C=N–C) groups is 2. The van der Waals surface area contributed by atoms with Gasteiger partial charge in [-0.15, -0.1) is 0 Å². The summed E-state index contributed by atoms with van der Waals surface area (Å²) >= 11 is 0. The predicted molar refractivity (Wildman–Crippen MR) is 53.3 cm³/mol. The lowest BCUT2D eigenvalue weighted by Crippen LogP contribution is -1.84. The van der Waals surface area contributed by atoms with Gasteiger partial charge in [-0.3, -0.25) is 4.66 Å². The van der Waals surface area contributed by atoms with Gasteiger partial charge in [0.15, 0.2) is 10.4 Å². The van der Waals surface area contributed by atoms with Gasteiger partial charge in [-0.2, -0.15) is 0 Å². The summed E-state index contributed by atoms with van der Waals surface area (Å²) in [5.74, 6) is 0. The second-order valence-electron chi connectivity index (χ2n) is 1.97. The number of isocyanates is 3. The Kier molecular flexibility index (Phi) is 18.5. The molecule has 0 bridgehead atoms. The minimum atomic E-state index is 0.470. The number of rotatable bonds is 5. The van der Waals surface area contributed by atoms with E-state index >= 15 is 0 Å². The minimum absolute atomic E-state index is 0.470. The Morgan fingerprint density at radius 2 is 1.21 bits per heavy atom. The molecule has 0 saturated heterocycles. The quantitative estimate of drug-likeness (QED) is 0.255. The van der Waals surface area contributed by atoms with Crippen LogP contribution in [-0.2, 0) is 14.4 Å². The van der Waals surface area contributed by atoms with Gasteiger partial charge in [-0.05, 0) is 12.8 Å². The van der Waals surface area contributed by atoms with Crippen LogP contribution in [-0.4, -0.2) is 41.7 Å². The molecule has 7 heteroatoms. The number of nitrogens with zero attached hydrogens (tertiary/aromatic N) is 3. The van der Waals surface area contributed by atoms with Crippen molar-refractivity contribution in [3.8, 4) is 0 Å². The van der Waals surface area contributed by atoms with Crippen LogP contribution in [0.5, 0.6) is 0 Å². The van der Waals surface area contributed by atoms with Crippen molar-refractivity contribution < 1.29 is 14.4 Å². The molecule has 0 rings (SSSR count). The first-order valence-corrected chi connectivity index (χ1v) is 4.76. The van der Waals surface area contributed by atoms with Crippen molar-refractivity contribution in [3.05, 3.63) is 0 Å². The molecule has 0 aromatic rings. The van der Waals surface area contributed by atoms with E-state index in [9.17, 15) is 9.59 Å².